The van der Waals surface area contributed by atoms with E-state index in [2.05, 4.69) is 71.0 Å². The average Bonchev–Trinajstić information content (AvgIpc) is 2.90. The molecule has 0 bridgehead atoms. The van der Waals surface area contributed by atoms with Crippen molar-refractivity contribution in [3.63, 3.8) is 0 Å². The quantitative estimate of drug-likeness (QED) is 0.849. The van der Waals surface area contributed by atoms with E-state index < -0.39 is 0 Å². The third-order valence-corrected chi connectivity index (χ3v) is 4.07. The van der Waals surface area contributed by atoms with Gasteiger partial charge in [0.1, 0.15) is 5.82 Å². The predicted molar refractivity (Wildman–Crippen MR) is 87.0 cm³/mol. The summed E-state index contributed by atoms with van der Waals surface area (Å²) >= 11 is 0. The van der Waals surface area contributed by atoms with Crippen molar-refractivity contribution in [2.45, 2.75) is 32.5 Å². The van der Waals surface area contributed by atoms with Gasteiger partial charge in [0, 0.05) is 31.5 Å². The summed E-state index contributed by atoms with van der Waals surface area (Å²) in [6.07, 6.45) is 3.85. The van der Waals surface area contributed by atoms with E-state index in [9.17, 15) is 0 Å². The molecule has 0 aliphatic carbocycles. The van der Waals surface area contributed by atoms with Crippen LogP contribution in [0.2, 0.25) is 0 Å². The molecule has 2 unspecified atom stereocenters. The van der Waals surface area contributed by atoms with Gasteiger partial charge in [0.05, 0.1) is 6.54 Å². The minimum Gasteiger partial charge on any atom is -0.337 e. The van der Waals surface area contributed by atoms with Gasteiger partial charge in [0.2, 0.25) is 0 Å². The predicted octanol–water partition coefficient (Wildman–Crippen LogP) is 2.59. The summed E-state index contributed by atoms with van der Waals surface area (Å²) in [4.78, 5) is 6.77. The number of aryl methyl sites for hydroxylation is 1. The zero-order chi connectivity index (χ0) is 15.2. The van der Waals surface area contributed by atoms with Gasteiger partial charge < -0.3 is 9.88 Å². The number of likely N-dealkylation sites (N-methyl/N-ethyl adjacent to an activating group) is 2. The van der Waals surface area contributed by atoms with Crippen molar-refractivity contribution < 1.29 is 0 Å². The van der Waals surface area contributed by atoms with Crippen LogP contribution in [-0.2, 0) is 13.6 Å². The van der Waals surface area contributed by atoms with Crippen LogP contribution in [0.25, 0.3) is 0 Å². The number of hydrogen-bond donors (Lipinski definition) is 1. The topological polar surface area (TPSA) is 33.1 Å². The van der Waals surface area contributed by atoms with Crippen LogP contribution in [0.4, 0.5) is 0 Å². The van der Waals surface area contributed by atoms with Crippen LogP contribution in [0.15, 0.2) is 42.7 Å². The molecule has 0 fully saturated rings. The Morgan fingerprint density at radius 1 is 1.29 bits per heavy atom. The first-order chi connectivity index (χ1) is 10.1. The van der Waals surface area contributed by atoms with E-state index in [1.165, 1.54) is 5.56 Å². The third kappa shape index (κ3) is 3.93. The molecule has 0 aliphatic heterocycles. The molecule has 0 spiro atoms. The minimum atomic E-state index is 0.321. The first kappa shape index (κ1) is 15.7. The standard InChI is InChI=1S/C17H26N4/c1-5-18-17(15-9-7-6-8-10-15)14(2)21(4)13-16-19-11-12-20(16)3/h6-12,14,17-18H,5,13H2,1-4H3. The lowest BCUT2D eigenvalue weighted by atomic mass is 9.99. The van der Waals surface area contributed by atoms with Gasteiger partial charge in [-0.1, -0.05) is 37.3 Å². The zero-order valence-electron chi connectivity index (χ0n) is 13.5. The van der Waals surface area contributed by atoms with Crippen LogP contribution in [0.3, 0.4) is 0 Å². The van der Waals surface area contributed by atoms with E-state index >= 15 is 0 Å². The van der Waals surface area contributed by atoms with Crippen LogP contribution in [-0.4, -0.2) is 34.1 Å². The van der Waals surface area contributed by atoms with Gasteiger partial charge in [-0.15, -0.1) is 0 Å². The summed E-state index contributed by atoms with van der Waals surface area (Å²) in [6.45, 7) is 6.23. The van der Waals surface area contributed by atoms with E-state index in [0.717, 1.165) is 18.9 Å². The molecular weight excluding hydrogens is 260 g/mol. The molecule has 1 heterocycles. The first-order valence-corrected chi connectivity index (χ1v) is 7.58. The number of aromatic nitrogens is 2. The summed E-state index contributed by atoms with van der Waals surface area (Å²) in [6, 6.07) is 11.4. The maximum atomic E-state index is 4.42. The molecule has 4 nitrogen and oxygen atoms in total. The molecule has 0 radical (unpaired) electrons. The largest absolute Gasteiger partial charge is 0.337 e. The molecule has 0 saturated heterocycles. The molecule has 4 heteroatoms. The third-order valence-electron chi connectivity index (χ3n) is 4.07. The molecule has 1 aromatic carbocycles. The molecule has 21 heavy (non-hydrogen) atoms. The fraction of sp³-hybridized carbons (Fsp3) is 0.471. The fourth-order valence-corrected chi connectivity index (χ4v) is 2.62. The van der Waals surface area contributed by atoms with Crippen molar-refractivity contribution in [2.75, 3.05) is 13.6 Å². The van der Waals surface area contributed by atoms with E-state index in [4.69, 9.17) is 0 Å². The van der Waals surface area contributed by atoms with Crippen molar-refractivity contribution in [3.05, 3.63) is 54.1 Å². The molecule has 2 rings (SSSR count). The van der Waals surface area contributed by atoms with Gasteiger partial charge in [-0.25, -0.2) is 4.98 Å². The number of imidazole rings is 1. The number of nitrogens with zero attached hydrogens (tertiary/aromatic N) is 3. The van der Waals surface area contributed by atoms with Gasteiger partial charge in [-0.2, -0.15) is 0 Å². The Kier molecular flexibility index (Phi) is 5.53. The van der Waals surface area contributed by atoms with Crippen LogP contribution in [0.5, 0.6) is 0 Å². The molecule has 0 aliphatic rings. The lowest BCUT2D eigenvalue weighted by Crippen LogP contribution is -2.41. The highest BCUT2D eigenvalue weighted by Crippen LogP contribution is 2.21. The molecule has 1 N–H and O–H groups in total. The highest BCUT2D eigenvalue weighted by molar-refractivity contribution is 5.20. The Labute approximate surface area is 127 Å². The molecular formula is C17H26N4. The summed E-state index contributed by atoms with van der Waals surface area (Å²) in [7, 11) is 4.20. The van der Waals surface area contributed by atoms with Crippen LogP contribution in [0, 0.1) is 0 Å². The number of rotatable bonds is 7. The van der Waals surface area contributed by atoms with E-state index in [0.29, 0.717) is 12.1 Å². The van der Waals surface area contributed by atoms with Crippen molar-refractivity contribution in [1.82, 2.24) is 19.8 Å². The van der Waals surface area contributed by atoms with Crippen molar-refractivity contribution in [2.24, 2.45) is 7.05 Å². The van der Waals surface area contributed by atoms with Crippen molar-refractivity contribution in [1.29, 1.82) is 0 Å². The fourth-order valence-electron chi connectivity index (χ4n) is 2.62. The lowest BCUT2D eigenvalue weighted by Gasteiger charge is -2.32. The molecule has 2 atom stereocenters. The van der Waals surface area contributed by atoms with E-state index in [1.54, 1.807) is 0 Å². The first-order valence-electron chi connectivity index (χ1n) is 7.58. The second-order valence-electron chi connectivity index (χ2n) is 5.56. The SMILES string of the molecule is CCNC(c1ccccc1)C(C)N(C)Cc1nccn1C. The summed E-state index contributed by atoms with van der Waals surface area (Å²) in [5.41, 5.74) is 1.33. The molecule has 0 amide bonds. The molecule has 1 aromatic heterocycles. The number of benzene rings is 1. The monoisotopic (exact) mass is 286 g/mol. The minimum absolute atomic E-state index is 0.321. The summed E-state index contributed by atoms with van der Waals surface area (Å²) < 4.78 is 2.08. The van der Waals surface area contributed by atoms with Gasteiger partial charge in [0.25, 0.3) is 0 Å². The Morgan fingerprint density at radius 2 is 2.00 bits per heavy atom. The number of nitrogens with one attached hydrogen (secondary N) is 1. The van der Waals surface area contributed by atoms with Crippen LogP contribution >= 0.6 is 0 Å². The second kappa shape index (κ2) is 7.38. The van der Waals surface area contributed by atoms with Gasteiger partial charge in [0.15, 0.2) is 0 Å². The summed E-state index contributed by atoms with van der Waals surface area (Å²) in [5.74, 6) is 1.09. The molecule has 0 saturated carbocycles. The van der Waals surface area contributed by atoms with Gasteiger partial charge in [-0.3, -0.25) is 4.90 Å². The molecule has 114 valence electrons. The number of hydrogen-bond acceptors (Lipinski definition) is 3. The van der Waals surface area contributed by atoms with E-state index in [-0.39, 0.29) is 0 Å². The lowest BCUT2D eigenvalue weighted by molar-refractivity contribution is 0.195. The Morgan fingerprint density at radius 3 is 2.57 bits per heavy atom. The maximum absolute atomic E-state index is 4.42. The smallest absolute Gasteiger partial charge is 0.122 e. The second-order valence-corrected chi connectivity index (χ2v) is 5.56. The maximum Gasteiger partial charge on any atom is 0.122 e. The Hall–Kier alpha value is -1.65. The Balaban J connectivity index is 2.10. The highest BCUT2D eigenvalue weighted by atomic mass is 15.2. The van der Waals surface area contributed by atoms with Gasteiger partial charge >= 0.3 is 0 Å². The highest BCUT2D eigenvalue weighted by Gasteiger charge is 2.22. The Bertz CT molecular complexity index is 535. The summed E-state index contributed by atoms with van der Waals surface area (Å²) in [5, 5.41) is 3.60. The average molecular weight is 286 g/mol. The van der Waals surface area contributed by atoms with E-state index in [1.807, 2.05) is 19.4 Å². The van der Waals surface area contributed by atoms with Crippen LogP contribution in [0.1, 0.15) is 31.3 Å². The van der Waals surface area contributed by atoms with Gasteiger partial charge in [-0.05, 0) is 26.1 Å². The van der Waals surface area contributed by atoms with Crippen LogP contribution < -0.4 is 5.32 Å². The van der Waals surface area contributed by atoms with Crippen molar-refractivity contribution in [3.8, 4) is 0 Å². The normalized spacial score (nSPS) is 14.3. The van der Waals surface area contributed by atoms with Crippen molar-refractivity contribution >= 4 is 0 Å². The molecule has 2 aromatic rings. The zero-order valence-corrected chi connectivity index (χ0v) is 13.5.